The summed E-state index contributed by atoms with van der Waals surface area (Å²) >= 11 is 0. The fraction of sp³-hybridized carbons (Fsp3) is 0.333. The minimum atomic E-state index is -0.523. The van der Waals surface area contributed by atoms with Crippen molar-refractivity contribution in [2.45, 2.75) is 19.8 Å². The lowest BCUT2D eigenvalue weighted by Crippen LogP contribution is -2.41. The minimum absolute atomic E-state index is 0.0200. The normalized spacial score (nSPS) is 14.5. The lowest BCUT2D eigenvalue weighted by Gasteiger charge is -2.32. The Balaban J connectivity index is 1.50. The van der Waals surface area contributed by atoms with Crippen LogP contribution in [-0.4, -0.2) is 41.3 Å². The molecule has 1 saturated heterocycles. The number of carbonyl (C=O) groups is 2. The van der Waals surface area contributed by atoms with Crippen LogP contribution in [0, 0.1) is 28.8 Å². The molecule has 7 nitrogen and oxygen atoms in total. The predicted molar refractivity (Wildman–Crippen MR) is 105 cm³/mol. The topological polar surface area (TPSA) is 92.6 Å². The number of halogens is 1. The summed E-state index contributed by atoms with van der Waals surface area (Å²) in [5.41, 5.74) is 0.865. The van der Waals surface area contributed by atoms with Gasteiger partial charge in [0.25, 0.3) is 17.5 Å². The number of nitro groups is 1. The SMILES string of the molecule is Cc1cc(C(=O)NCC2CCN(C(=O)c3ccccc3F)CC2)ccc1[N+](=O)[O-]. The van der Waals surface area contributed by atoms with Gasteiger partial charge < -0.3 is 10.2 Å². The first-order valence-electron chi connectivity index (χ1n) is 9.44. The highest BCUT2D eigenvalue weighted by Crippen LogP contribution is 2.21. The minimum Gasteiger partial charge on any atom is -0.352 e. The van der Waals surface area contributed by atoms with E-state index in [0.29, 0.717) is 43.6 Å². The number of aryl methyl sites for hydroxylation is 1. The first-order valence-corrected chi connectivity index (χ1v) is 9.44. The van der Waals surface area contributed by atoms with Crippen LogP contribution in [0.4, 0.5) is 10.1 Å². The van der Waals surface area contributed by atoms with Crippen molar-refractivity contribution in [2.75, 3.05) is 19.6 Å². The zero-order chi connectivity index (χ0) is 21.0. The second-order valence-corrected chi connectivity index (χ2v) is 7.18. The summed E-state index contributed by atoms with van der Waals surface area (Å²) in [5, 5.41) is 13.7. The van der Waals surface area contributed by atoms with Crippen molar-refractivity contribution in [3.8, 4) is 0 Å². The molecule has 0 aliphatic carbocycles. The van der Waals surface area contributed by atoms with Gasteiger partial charge in [0, 0.05) is 36.8 Å². The number of piperidine rings is 1. The number of amides is 2. The molecule has 3 rings (SSSR count). The zero-order valence-corrected chi connectivity index (χ0v) is 16.1. The Kier molecular flexibility index (Phi) is 6.21. The summed E-state index contributed by atoms with van der Waals surface area (Å²) in [6.07, 6.45) is 1.42. The van der Waals surface area contributed by atoms with Crippen LogP contribution in [0.1, 0.15) is 39.1 Å². The quantitative estimate of drug-likeness (QED) is 0.617. The van der Waals surface area contributed by atoms with Gasteiger partial charge in [-0.15, -0.1) is 0 Å². The molecule has 0 aromatic heterocycles. The number of carbonyl (C=O) groups excluding carboxylic acids is 2. The number of nitro benzene ring substituents is 1. The van der Waals surface area contributed by atoms with E-state index in [-0.39, 0.29) is 29.0 Å². The summed E-state index contributed by atoms with van der Waals surface area (Å²) in [4.78, 5) is 36.8. The van der Waals surface area contributed by atoms with Crippen molar-refractivity contribution in [1.82, 2.24) is 10.2 Å². The molecule has 0 spiro atoms. The number of rotatable bonds is 5. The molecule has 152 valence electrons. The number of hydrogen-bond donors (Lipinski definition) is 1. The van der Waals surface area contributed by atoms with Crippen molar-refractivity contribution in [3.05, 3.63) is 75.1 Å². The molecule has 8 heteroatoms. The van der Waals surface area contributed by atoms with E-state index < -0.39 is 10.7 Å². The molecule has 1 fully saturated rings. The summed E-state index contributed by atoms with van der Waals surface area (Å²) in [7, 11) is 0. The van der Waals surface area contributed by atoms with Crippen LogP contribution in [0.25, 0.3) is 0 Å². The highest BCUT2D eigenvalue weighted by atomic mass is 19.1. The lowest BCUT2D eigenvalue weighted by atomic mass is 9.96. The monoisotopic (exact) mass is 399 g/mol. The fourth-order valence-electron chi connectivity index (χ4n) is 3.49. The summed E-state index contributed by atoms with van der Waals surface area (Å²) in [6, 6.07) is 10.2. The van der Waals surface area contributed by atoms with Crippen LogP contribution in [0.2, 0.25) is 0 Å². The standard InChI is InChI=1S/C21H22FN3O4/c1-14-12-16(6-7-19(14)25(28)29)20(26)23-13-15-8-10-24(11-9-15)21(27)17-4-2-3-5-18(17)22/h2-7,12,15H,8-11,13H2,1H3,(H,23,26). The second kappa shape index (κ2) is 8.81. The highest BCUT2D eigenvalue weighted by Gasteiger charge is 2.25. The van der Waals surface area contributed by atoms with Crippen LogP contribution >= 0.6 is 0 Å². The van der Waals surface area contributed by atoms with Crippen LogP contribution in [0.3, 0.4) is 0 Å². The van der Waals surface area contributed by atoms with E-state index in [1.54, 1.807) is 24.0 Å². The van der Waals surface area contributed by atoms with Gasteiger partial charge in [0.1, 0.15) is 5.82 Å². The number of nitrogens with zero attached hydrogens (tertiary/aromatic N) is 2. The van der Waals surface area contributed by atoms with Gasteiger partial charge in [-0.05, 0) is 49.9 Å². The molecule has 1 aliphatic rings. The van der Waals surface area contributed by atoms with Gasteiger partial charge in [0.15, 0.2) is 0 Å². The Bertz CT molecular complexity index is 939. The maximum Gasteiger partial charge on any atom is 0.272 e. The second-order valence-electron chi connectivity index (χ2n) is 7.18. The number of hydrogen-bond acceptors (Lipinski definition) is 4. The molecule has 0 bridgehead atoms. The van der Waals surface area contributed by atoms with Gasteiger partial charge in [-0.2, -0.15) is 0 Å². The maximum absolute atomic E-state index is 13.8. The van der Waals surface area contributed by atoms with Gasteiger partial charge in [-0.1, -0.05) is 12.1 Å². The van der Waals surface area contributed by atoms with Gasteiger partial charge in [-0.25, -0.2) is 4.39 Å². The Morgan fingerprint density at radius 3 is 2.52 bits per heavy atom. The Morgan fingerprint density at radius 1 is 1.21 bits per heavy atom. The molecule has 2 amide bonds. The lowest BCUT2D eigenvalue weighted by molar-refractivity contribution is -0.385. The molecule has 0 saturated carbocycles. The largest absolute Gasteiger partial charge is 0.352 e. The number of nitrogens with one attached hydrogen (secondary N) is 1. The fourth-order valence-corrected chi connectivity index (χ4v) is 3.49. The van der Waals surface area contributed by atoms with Crippen LogP contribution in [0.5, 0.6) is 0 Å². The summed E-state index contributed by atoms with van der Waals surface area (Å²) in [6.45, 7) is 3.06. The molecule has 2 aromatic rings. The van der Waals surface area contributed by atoms with Gasteiger partial charge >= 0.3 is 0 Å². The third-order valence-electron chi connectivity index (χ3n) is 5.21. The van der Waals surface area contributed by atoms with Gasteiger partial charge in [0.2, 0.25) is 0 Å². The molecular formula is C21H22FN3O4. The van der Waals surface area contributed by atoms with Crippen molar-refractivity contribution in [2.24, 2.45) is 5.92 Å². The van der Waals surface area contributed by atoms with E-state index in [9.17, 15) is 24.1 Å². The average Bonchev–Trinajstić information content (AvgIpc) is 2.72. The average molecular weight is 399 g/mol. The molecule has 29 heavy (non-hydrogen) atoms. The van der Waals surface area contributed by atoms with E-state index in [1.165, 1.54) is 30.3 Å². The molecule has 1 heterocycles. The van der Waals surface area contributed by atoms with Crippen molar-refractivity contribution in [3.63, 3.8) is 0 Å². The molecule has 1 aliphatic heterocycles. The van der Waals surface area contributed by atoms with Crippen molar-refractivity contribution >= 4 is 17.5 Å². The van der Waals surface area contributed by atoms with E-state index in [0.717, 1.165) is 0 Å². The summed E-state index contributed by atoms with van der Waals surface area (Å²) in [5.74, 6) is -0.909. The van der Waals surface area contributed by atoms with Gasteiger partial charge in [-0.3, -0.25) is 19.7 Å². The van der Waals surface area contributed by atoms with Crippen LogP contribution in [-0.2, 0) is 0 Å². The maximum atomic E-state index is 13.8. The first kappa shape index (κ1) is 20.4. The Hall–Kier alpha value is -3.29. The van der Waals surface area contributed by atoms with Crippen LogP contribution in [0.15, 0.2) is 42.5 Å². The van der Waals surface area contributed by atoms with Crippen molar-refractivity contribution in [1.29, 1.82) is 0 Å². The molecule has 0 unspecified atom stereocenters. The molecule has 0 radical (unpaired) electrons. The molecule has 0 atom stereocenters. The highest BCUT2D eigenvalue weighted by molar-refractivity contribution is 5.95. The Morgan fingerprint density at radius 2 is 1.90 bits per heavy atom. The first-order chi connectivity index (χ1) is 13.9. The predicted octanol–water partition coefficient (Wildman–Crippen LogP) is 3.32. The zero-order valence-electron chi connectivity index (χ0n) is 16.1. The van der Waals surface area contributed by atoms with E-state index in [2.05, 4.69) is 5.32 Å². The van der Waals surface area contributed by atoms with Gasteiger partial charge in [0.05, 0.1) is 10.5 Å². The molecular weight excluding hydrogens is 377 g/mol. The van der Waals surface area contributed by atoms with Crippen LogP contribution < -0.4 is 5.32 Å². The third-order valence-corrected chi connectivity index (χ3v) is 5.21. The summed E-state index contributed by atoms with van der Waals surface area (Å²) < 4.78 is 13.8. The van der Waals surface area contributed by atoms with E-state index in [1.807, 2.05) is 0 Å². The number of benzene rings is 2. The molecule has 2 aromatic carbocycles. The third kappa shape index (κ3) is 4.77. The van der Waals surface area contributed by atoms with E-state index in [4.69, 9.17) is 0 Å². The van der Waals surface area contributed by atoms with E-state index >= 15 is 0 Å². The number of likely N-dealkylation sites (tertiary alicyclic amines) is 1. The molecule has 1 N–H and O–H groups in total. The van der Waals surface area contributed by atoms with Crippen molar-refractivity contribution < 1.29 is 18.9 Å². The Labute approximate surface area is 167 Å². The smallest absolute Gasteiger partial charge is 0.272 e.